The molecule has 8 nitrogen and oxygen atoms in total. The first-order chi connectivity index (χ1) is 8.13. The van der Waals surface area contributed by atoms with Crippen molar-refractivity contribution in [2.24, 2.45) is 0 Å². The predicted octanol–water partition coefficient (Wildman–Crippen LogP) is -0.355. The zero-order chi connectivity index (χ0) is 12.0. The smallest absolute Gasteiger partial charge is 0.327 e. The topological polar surface area (TPSA) is 133 Å². The number of nitrogens with two attached hydrogens (primary N) is 1. The van der Waals surface area contributed by atoms with Crippen LogP contribution in [0.25, 0.3) is 22.7 Å². The van der Waals surface area contributed by atoms with Crippen molar-refractivity contribution in [2.75, 3.05) is 5.73 Å². The van der Waals surface area contributed by atoms with E-state index in [1.807, 2.05) is 0 Å². The maximum Gasteiger partial charge on any atom is 0.327 e. The zero-order valence-corrected chi connectivity index (χ0v) is 9.09. The number of anilines is 1. The maximum absolute atomic E-state index is 11.5. The van der Waals surface area contributed by atoms with Crippen LogP contribution in [0.5, 0.6) is 0 Å². The molecule has 0 saturated heterocycles. The Kier molecular flexibility index (Phi) is 1.89. The molecule has 5 N–H and O–H groups in total. The van der Waals surface area contributed by atoms with Gasteiger partial charge in [-0.3, -0.25) is 14.8 Å². The summed E-state index contributed by atoms with van der Waals surface area (Å²) >= 11 is 1.27. The Morgan fingerprint density at radius 2 is 2.00 bits per heavy atom. The number of aromatic amines is 3. The third-order valence-corrected chi connectivity index (χ3v) is 2.83. The highest BCUT2D eigenvalue weighted by Gasteiger charge is 2.11. The number of nitrogens with zero attached hydrogens (tertiary/aromatic N) is 2. The van der Waals surface area contributed by atoms with Crippen LogP contribution in [0.15, 0.2) is 15.0 Å². The summed E-state index contributed by atoms with van der Waals surface area (Å²) in [5, 5.41) is 2.11. The molecule has 0 aliphatic heterocycles. The van der Waals surface area contributed by atoms with Gasteiger partial charge in [-0.05, 0) is 0 Å². The number of rotatable bonds is 1. The fourth-order valence-corrected chi connectivity index (χ4v) is 2.00. The van der Waals surface area contributed by atoms with Crippen LogP contribution in [0, 0.1) is 0 Å². The van der Waals surface area contributed by atoms with Gasteiger partial charge < -0.3 is 10.7 Å². The van der Waals surface area contributed by atoms with E-state index in [-0.39, 0.29) is 11.2 Å². The van der Waals surface area contributed by atoms with Crippen molar-refractivity contribution in [3.63, 3.8) is 0 Å². The lowest BCUT2D eigenvalue weighted by Crippen LogP contribution is -2.21. The summed E-state index contributed by atoms with van der Waals surface area (Å²) in [5.41, 5.74) is 5.31. The molecule has 0 radical (unpaired) electrons. The quantitative estimate of drug-likeness (QED) is 0.468. The lowest BCUT2D eigenvalue weighted by atomic mass is 10.5. The third kappa shape index (κ3) is 1.52. The van der Waals surface area contributed by atoms with Gasteiger partial charge in [0.25, 0.3) is 5.56 Å². The van der Waals surface area contributed by atoms with E-state index in [2.05, 4.69) is 24.9 Å². The molecule has 17 heavy (non-hydrogen) atoms. The van der Waals surface area contributed by atoms with Crippen LogP contribution in [0.2, 0.25) is 0 Å². The van der Waals surface area contributed by atoms with Crippen LogP contribution < -0.4 is 17.0 Å². The number of imidazole rings is 1. The van der Waals surface area contributed by atoms with Gasteiger partial charge in [-0.2, -0.15) is 0 Å². The Balaban J connectivity index is 2.30. The van der Waals surface area contributed by atoms with E-state index in [1.54, 1.807) is 5.38 Å². The second kappa shape index (κ2) is 3.28. The number of nitrogen functional groups attached to an aromatic ring is 1. The molecule has 0 aliphatic carbocycles. The van der Waals surface area contributed by atoms with Crippen LogP contribution in [0.3, 0.4) is 0 Å². The monoisotopic (exact) mass is 250 g/mol. The Morgan fingerprint density at radius 1 is 1.18 bits per heavy atom. The lowest BCUT2D eigenvalue weighted by molar-refractivity contribution is 1.07. The lowest BCUT2D eigenvalue weighted by Gasteiger charge is -1.85. The summed E-state index contributed by atoms with van der Waals surface area (Å²) in [5.74, 6) is 0.389. The van der Waals surface area contributed by atoms with Crippen LogP contribution in [0.1, 0.15) is 0 Å². The van der Waals surface area contributed by atoms with Gasteiger partial charge in [0.1, 0.15) is 11.2 Å². The first-order valence-corrected chi connectivity index (χ1v) is 5.45. The molecule has 0 saturated carbocycles. The van der Waals surface area contributed by atoms with Crippen molar-refractivity contribution in [1.82, 2.24) is 24.9 Å². The number of hydrogen-bond acceptors (Lipinski definition) is 6. The number of hydrogen-bond donors (Lipinski definition) is 4. The molecule has 3 heterocycles. The third-order valence-electron chi connectivity index (χ3n) is 2.15. The first-order valence-electron chi connectivity index (χ1n) is 4.57. The highest BCUT2D eigenvalue weighted by atomic mass is 32.1. The SMILES string of the molecule is Nc1nc(-c2nc3[nH]c(=O)[nH]c(=O)c3[nH]2)cs1. The van der Waals surface area contributed by atoms with Gasteiger partial charge in [0.2, 0.25) is 0 Å². The maximum atomic E-state index is 11.5. The van der Waals surface area contributed by atoms with E-state index < -0.39 is 11.2 Å². The Hall–Kier alpha value is -2.42. The number of aromatic nitrogens is 5. The average molecular weight is 250 g/mol. The highest BCUT2D eigenvalue weighted by molar-refractivity contribution is 7.13. The standard InChI is InChI=1S/C8H6N6O2S/c9-7-10-2(1-17-7)4-11-3-5(12-4)13-8(16)14-6(3)15/h1H,(H2,9,10)(H3,11,12,13,14,15,16). The molecule has 3 aromatic heterocycles. The van der Waals surface area contributed by atoms with Crippen LogP contribution >= 0.6 is 11.3 Å². The number of H-pyrrole nitrogens is 3. The molecule has 0 aliphatic rings. The van der Waals surface area contributed by atoms with Gasteiger partial charge in [-0.25, -0.2) is 14.8 Å². The second-order valence-electron chi connectivity index (χ2n) is 3.29. The molecule has 0 spiro atoms. The van der Waals surface area contributed by atoms with Gasteiger partial charge in [0.15, 0.2) is 16.6 Å². The summed E-state index contributed by atoms with van der Waals surface area (Å²) in [7, 11) is 0. The highest BCUT2D eigenvalue weighted by Crippen LogP contribution is 2.21. The molecule has 9 heteroatoms. The Morgan fingerprint density at radius 3 is 2.71 bits per heavy atom. The van der Waals surface area contributed by atoms with E-state index in [4.69, 9.17) is 5.73 Å². The fourth-order valence-electron chi connectivity index (χ4n) is 1.45. The van der Waals surface area contributed by atoms with Crippen molar-refractivity contribution < 1.29 is 0 Å². The minimum absolute atomic E-state index is 0.195. The normalized spacial score (nSPS) is 11.1. The molecule has 0 fully saturated rings. The van der Waals surface area contributed by atoms with Crippen molar-refractivity contribution in [1.29, 1.82) is 0 Å². The fraction of sp³-hybridized carbons (Fsp3) is 0. The largest absolute Gasteiger partial charge is 0.375 e. The summed E-state index contributed by atoms with van der Waals surface area (Å²) in [6.07, 6.45) is 0. The Bertz CT molecular complexity index is 809. The average Bonchev–Trinajstić information content (AvgIpc) is 2.83. The van der Waals surface area contributed by atoms with E-state index in [9.17, 15) is 9.59 Å². The molecule has 86 valence electrons. The van der Waals surface area contributed by atoms with Gasteiger partial charge in [-0.15, -0.1) is 11.3 Å². The van der Waals surface area contributed by atoms with Gasteiger partial charge in [-0.1, -0.05) is 0 Å². The van der Waals surface area contributed by atoms with E-state index in [1.165, 1.54) is 11.3 Å². The molecule has 0 bridgehead atoms. The first kappa shape index (κ1) is 9.78. The van der Waals surface area contributed by atoms with Crippen molar-refractivity contribution in [2.45, 2.75) is 0 Å². The molecule has 3 rings (SSSR count). The number of fused-ring (bicyclic) bond motifs is 1. The minimum atomic E-state index is -0.599. The van der Waals surface area contributed by atoms with E-state index >= 15 is 0 Å². The molecule has 3 aromatic rings. The summed E-state index contributed by atoms with van der Waals surface area (Å²) < 4.78 is 0. The molecular weight excluding hydrogens is 244 g/mol. The summed E-state index contributed by atoms with van der Waals surface area (Å²) in [4.78, 5) is 37.9. The van der Waals surface area contributed by atoms with Crippen LogP contribution in [0.4, 0.5) is 5.13 Å². The molecular formula is C8H6N6O2S. The molecule has 0 unspecified atom stereocenters. The minimum Gasteiger partial charge on any atom is -0.375 e. The summed E-state index contributed by atoms with van der Waals surface area (Å²) in [6.45, 7) is 0. The molecule has 0 atom stereocenters. The van der Waals surface area contributed by atoms with E-state index in [0.717, 1.165) is 0 Å². The summed E-state index contributed by atoms with van der Waals surface area (Å²) in [6, 6.07) is 0. The number of thiazole rings is 1. The molecule has 0 amide bonds. The molecule has 0 aromatic carbocycles. The Labute approximate surface area is 96.6 Å². The van der Waals surface area contributed by atoms with Gasteiger partial charge in [0, 0.05) is 5.38 Å². The zero-order valence-electron chi connectivity index (χ0n) is 8.27. The van der Waals surface area contributed by atoms with Crippen molar-refractivity contribution in [3.8, 4) is 11.5 Å². The number of nitrogens with one attached hydrogen (secondary N) is 3. The second-order valence-corrected chi connectivity index (χ2v) is 4.18. The van der Waals surface area contributed by atoms with Crippen LogP contribution in [-0.2, 0) is 0 Å². The van der Waals surface area contributed by atoms with Crippen LogP contribution in [-0.4, -0.2) is 24.9 Å². The van der Waals surface area contributed by atoms with Gasteiger partial charge in [0.05, 0.1) is 0 Å². The van der Waals surface area contributed by atoms with Gasteiger partial charge >= 0.3 is 5.69 Å². The van der Waals surface area contributed by atoms with Crippen molar-refractivity contribution in [3.05, 3.63) is 26.2 Å². The van der Waals surface area contributed by atoms with E-state index in [0.29, 0.717) is 16.6 Å². The predicted molar refractivity (Wildman–Crippen MR) is 62.9 cm³/mol. The van der Waals surface area contributed by atoms with Crippen molar-refractivity contribution >= 4 is 27.6 Å².